The van der Waals surface area contributed by atoms with Crippen LogP contribution in [-0.2, 0) is 20.8 Å². The molecule has 0 bridgehead atoms. The molecular weight excluding hydrogens is 354 g/mol. The Morgan fingerprint density at radius 3 is 2.54 bits per heavy atom. The van der Waals surface area contributed by atoms with Gasteiger partial charge in [0.1, 0.15) is 0 Å². The number of carbonyl (C=O) groups excluding carboxylic acids is 3. The number of benzene rings is 1. The molecule has 1 amide bonds. The van der Waals surface area contributed by atoms with Crippen LogP contribution in [0.1, 0.15) is 41.9 Å². The summed E-state index contributed by atoms with van der Waals surface area (Å²) in [5.74, 6) is 0.886. The third-order valence-corrected chi connectivity index (χ3v) is 5.17. The minimum Gasteiger partial charge on any atom is -0.368 e. The summed E-state index contributed by atoms with van der Waals surface area (Å²) in [6.07, 6.45) is 8.10. The summed E-state index contributed by atoms with van der Waals surface area (Å²) in [7, 11) is 0. The van der Waals surface area contributed by atoms with Gasteiger partial charge in [-0.25, -0.2) is 0 Å². The molecule has 1 saturated carbocycles. The molecule has 1 N–H and O–H groups in total. The maximum absolute atomic E-state index is 12.4. The number of aryl methyl sites for hydroxylation is 1. The smallest absolute Gasteiger partial charge is 0.368 e. The standard InChI is InChI=1S/C21H25N3O.CO2/c1-15-10-20(13-22-12-15)24-9-8-19(14-24)23-21(25)11-16-2-4-17(5-3-16)18-6-7-18;2-1-3/h2-5,10,12-13,18-19H,6-9,11,14H2,1H3,(H,23,25);. The average molecular weight is 379 g/mol. The van der Waals surface area contributed by atoms with Gasteiger partial charge in [0.25, 0.3) is 0 Å². The summed E-state index contributed by atoms with van der Waals surface area (Å²) in [4.78, 5) is 35.2. The van der Waals surface area contributed by atoms with Crippen LogP contribution in [0.2, 0.25) is 0 Å². The van der Waals surface area contributed by atoms with E-state index in [1.54, 1.807) is 0 Å². The molecule has 1 aliphatic carbocycles. The van der Waals surface area contributed by atoms with Crippen molar-refractivity contribution in [2.75, 3.05) is 18.0 Å². The number of nitrogens with one attached hydrogen (secondary N) is 1. The van der Waals surface area contributed by atoms with Crippen molar-refractivity contribution in [2.45, 2.75) is 44.6 Å². The quantitative estimate of drug-likeness (QED) is 0.864. The largest absolute Gasteiger partial charge is 0.373 e. The highest BCUT2D eigenvalue weighted by Crippen LogP contribution is 2.39. The first-order valence-corrected chi connectivity index (χ1v) is 9.63. The van der Waals surface area contributed by atoms with Crippen molar-refractivity contribution < 1.29 is 14.4 Å². The summed E-state index contributed by atoms with van der Waals surface area (Å²) >= 11 is 0. The lowest BCUT2D eigenvalue weighted by molar-refractivity contribution is -0.191. The summed E-state index contributed by atoms with van der Waals surface area (Å²) in [6, 6.07) is 10.9. The van der Waals surface area contributed by atoms with E-state index >= 15 is 0 Å². The van der Waals surface area contributed by atoms with Crippen LogP contribution in [0, 0.1) is 6.92 Å². The number of hydrogen-bond acceptors (Lipinski definition) is 5. The van der Waals surface area contributed by atoms with Crippen LogP contribution >= 0.6 is 0 Å². The summed E-state index contributed by atoms with van der Waals surface area (Å²) in [6.45, 7) is 3.88. The molecule has 1 unspecified atom stereocenters. The number of carbonyl (C=O) groups is 1. The molecule has 1 saturated heterocycles. The third-order valence-electron chi connectivity index (χ3n) is 5.17. The number of rotatable bonds is 5. The second kappa shape index (κ2) is 9.29. The van der Waals surface area contributed by atoms with Gasteiger partial charge < -0.3 is 10.2 Å². The van der Waals surface area contributed by atoms with E-state index in [0.29, 0.717) is 6.42 Å². The van der Waals surface area contributed by atoms with Gasteiger partial charge in [-0.3, -0.25) is 9.78 Å². The minimum absolute atomic E-state index is 0.119. The Hall–Kier alpha value is -2.98. The van der Waals surface area contributed by atoms with Gasteiger partial charge in [0.05, 0.1) is 18.3 Å². The lowest BCUT2D eigenvalue weighted by Gasteiger charge is -2.19. The highest BCUT2D eigenvalue weighted by atomic mass is 16.2. The van der Waals surface area contributed by atoms with Gasteiger partial charge in [-0.2, -0.15) is 9.59 Å². The summed E-state index contributed by atoms with van der Waals surface area (Å²) < 4.78 is 0. The molecule has 0 spiro atoms. The number of hydrogen-bond donors (Lipinski definition) is 1. The molecule has 1 aliphatic heterocycles. The zero-order valence-corrected chi connectivity index (χ0v) is 16.1. The van der Waals surface area contributed by atoms with Crippen molar-refractivity contribution >= 4 is 17.7 Å². The Morgan fingerprint density at radius 2 is 1.89 bits per heavy atom. The van der Waals surface area contributed by atoms with Gasteiger partial charge in [-0.05, 0) is 54.9 Å². The predicted octanol–water partition coefficient (Wildman–Crippen LogP) is 2.62. The second-order valence-corrected chi connectivity index (χ2v) is 7.50. The van der Waals surface area contributed by atoms with E-state index in [-0.39, 0.29) is 18.1 Å². The fourth-order valence-corrected chi connectivity index (χ4v) is 3.61. The molecule has 0 radical (unpaired) electrons. The molecule has 1 aromatic carbocycles. The Kier molecular flexibility index (Phi) is 6.56. The number of anilines is 1. The van der Waals surface area contributed by atoms with E-state index in [1.807, 2.05) is 12.4 Å². The number of nitrogens with zero attached hydrogens (tertiary/aromatic N) is 2. The van der Waals surface area contributed by atoms with Crippen molar-refractivity contribution in [2.24, 2.45) is 0 Å². The molecule has 4 rings (SSSR count). The normalized spacial score (nSPS) is 18.0. The molecule has 1 atom stereocenters. The van der Waals surface area contributed by atoms with Gasteiger partial charge in [0.15, 0.2) is 0 Å². The first kappa shape index (κ1) is 19.8. The van der Waals surface area contributed by atoms with E-state index in [2.05, 4.69) is 52.5 Å². The van der Waals surface area contributed by atoms with Crippen molar-refractivity contribution in [3.8, 4) is 0 Å². The van der Waals surface area contributed by atoms with Crippen LogP contribution < -0.4 is 10.2 Å². The van der Waals surface area contributed by atoms with Crippen molar-refractivity contribution in [1.82, 2.24) is 10.3 Å². The Labute approximate surface area is 165 Å². The minimum atomic E-state index is 0.119. The van der Waals surface area contributed by atoms with Gasteiger partial charge in [0.2, 0.25) is 5.91 Å². The van der Waals surface area contributed by atoms with Crippen LogP contribution in [-0.4, -0.2) is 36.2 Å². The van der Waals surface area contributed by atoms with Gasteiger partial charge in [0, 0.05) is 25.3 Å². The van der Waals surface area contributed by atoms with Crippen molar-refractivity contribution in [3.05, 3.63) is 59.4 Å². The van der Waals surface area contributed by atoms with E-state index < -0.39 is 0 Å². The predicted molar refractivity (Wildman–Crippen MR) is 105 cm³/mol. The molecule has 2 heterocycles. The molecule has 2 aliphatic rings. The highest BCUT2D eigenvalue weighted by Gasteiger charge is 2.25. The number of aromatic nitrogens is 1. The molecule has 2 fully saturated rings. The monoisotopic (exact) mass is 379 g/mol. The van der Waals surface area contributed by atoms with E-state index in [4.69, 9.17) is 9.59 Å². The maximum Gasteiger partial charge on any atom is 0.373 e. The summed E-state index contributed by atoms with van der Waals surface area (Å²) in [5.41, 5.74) is 4.83. The fraction of sp³-hybridized carbons (Fsp3) is 0.409. The Morgan fingerprint density at radius 1 is 1.18 bits per heavy atom. The van der Waals surface area contributed by atoms with Gasteiger partial charge >= 0.3 is 6.15 Å². The molecular formula is C22H25N3O3. The second-order valence-electron chi connectivity index (χ2n) is 7.50. The maximum atomic E-state index is 12.4. The van der Waals surface area contributed by atoms with Crippen molar-refractivity contribution in [1.29, 1.82) is 0 Å². The Balaban J connectivity index is 0.000000706. The average Bonchev–Trinajstić information content (AvgIpc) is 3.42. The zero-order valence-electron chi connectivity index (χ0n) is 16.1. The molecule has 1 aromatic heterocycles. The lowest BCUT2D eigenvalue weighted by atomic mass is 10.1. The molecule has 6 heteroatoms. The van der Waals surface area contributed by atoms with Crippen LogP contribution in [0.3, 0.4) is 0 Å². The fourth-order valence-electron chi connectivity index (χ4n) is 3.61. The Bertz CT molecular complexity index is 840. The first-order chi connectivity index (χ1) is 13.6. The number of pyridine rings is 1. The van der Waals surface area contributed by atoms with Crippen LogP contribution in [0.25, 0.3) is 0 Å². The SMILES string of the molecule is Cc1cncc(N2CCC(NC(=O)Cc3ccc(C4CC4)cc3)C2)c1.O=C=O. The topological polar surface area (TPSA) is 79.4 Å². The van der Waals surface area contributed by atoms with E-state index in [9.17, 15) is 4.79 Å². The molecule has 28 heavy (non-hydrogen) atoms. The zero-order chi connectivity index (χ0) is 19.9. The van der Waals surface area contributed by atoms with Crippen molar-refractivity contribution in [3.63, 3.8) is 0 Å². The first-order valence-electron chi connectivity index (χ1n) is 9.63. The van der Waals surface area contributed by atoms with Gasteiger partial charge in [-0.15, -0.1) is 0 Å². The summed E-state index contributed by atoms with van der Waals surface area (Å²) in [5, 5.41) is 3.19. The molecule has 146 valence electrons. The van der Waals surface area contributed by atoms with Crippen LogP contribution in [0.15, 0.2) is 42.7 Å². The van der Waals surface area contributed by atoms with E-state index in [0.717, 1.165) is 36.7 Å². The van der Waals surface area contributed by atoms with E-state index in [1.165, 1.54) is 24.0 Å². The van der Waals surface area contributed by atoms with Crippen LogP contribution in [0.5, 0.6) is 0 Å². The van der Waals surface area contributed by atoms with Crippen LogP contribution in [0.4, 0.5) is 5.69 Å². The molecule has 6 nitrogen and oxygen atoms in total. The number of amides is 1. The molecule has 2 aromatic rings. The third kappa shape index (κ3) is 5.51. The highest BCUT2D eigenvalue weighted by molar-refractivity contribution is 5.79. The lowest BCUT2D eigenvalue weighted by Crippen LogP contribution is -2.38. The van der Waals surface area contributed by atoms with Gasteiger partial charge in [-0.1, -0.05) is 24.3 Å².